The van der Waals surface area contributed by atoms with Crippen LogP contribution in [0.4, 0.5) is 0 Å². The molecule has 3 saturated carbocycles. The van der Waals surface area contributed by atoms with Crippen molar-refractivity contribution in [3.8, 4) is 0 Å². The molecule has 1 aromatic rings. The SMILES string of the molecule is Cc1ccc(S(=O)(=O)NC2C(C/C=C/CCCC(=O)O)CC3CC2C3(C)C)cc1. The molecule has 6 heteroatoms. The molecule has 2 bridgehead atoms. The summed E-state index contributed by atoms with van der Waals surface area (Å²) in [6.07, 6.45) is 8.67. The van der Waals surface area contributed by atoms with Crippen LogP contribution in [-0.4, -0.2) is 25.5 Å². The zero-order valence-electron chi connectivity index (χ0n) is 17.6. The first-order chi connectivity index (χ1) is 13.6. The summed E-state index contributed by atoms with van der Waals surface area (Å²) in [7, 11) is -3.56. The number of carboxylic acid groups (broad SMARTS) is 1. The number of nitrogens with one attached hydrogen (secondary N) is 1. The van der Waals surface area contributed by atoms with E-state index in [0.717, 1.165) is 31.2 Å². The zero-order valence-corrected chi connectivity index (χ0v) is 18.4. The van der Waals surface area contributed by atoms with E-state index in [9.17, 15) is 13.2 Å². The molecule has 0 aliphatic heterocycles. The number of rotatable bonds is 9. The largest absolute Gasteiger partial charge is 0.481 e. The topological polar surface area (TPSA) is 83.5 Å². The van der Waals surface area contributed by atoms with Crippen LogP contribution >= 0.6 is 0 Å². The van der Waals surface area contributed by atoms with E-state index in [1.807, 2.05) is 25.1 Å². The Labute approximate surface area is 174 Å². The number of hydrogen-bond donors (Lipinski definition) is 2. The standard InChI is InChI=1S/C23H33NO4S/c1-16-10-12-19(13-11-16)29(27,28)24-22-17(8-6-4-5-7-9-21(25)26)14-18-15-20(22)23(18,2)3/h4,6,10-13,17-18,20,22,24H,5,7-9,14-15H2,1-3H3,(H,25,26)/b6-4+. The summed E-state index contributed by atoms with van der Waals surface area (Å²) in [6.45, 7) is 6.47. The molecule has 29 heavy (non-hydrogen) atoms. The average molecular weight is 420 g/mol. The lowest BCUT2D eigenvalue weighted by Gasteiger charge is -2.62. The van der Waals surface area contributed by atoms with Gasteiger partial charge >= 0.3 is 5.97 Å². The van der Waals surface area contributed by atoms with Crippen LogP contribution in [0.5, 0.6) is 0 Å². The Hall–Kier alpha value is -1.66. The predicted octanol–water partition coefficient (Wildman–Crippen LogP) is 4.53. The molecule has 4 rings (SSSR count). The van der Waals surface area contributed by atoms with Crippen molar-refractivity contribution in [2.75, 3.05) is 0 Å². The van der Waals surface area contributed by atoms with Gasteiger partial charge in [0.15, 0.2) is 0 Å². The van der Waals surface area contributed by atoms with Crippen molar-refractivity contribution in [2.45, 2.75) is 70.2 Å². The van der Waals surface area contributed by atoms with E-state index < -0.39 is 16.0 Å². The van der Waals surface area contributed by atoms with Crippen molar-refractivity contribution in [3.63, 3.8) is 0 Å². The minimum atomic E-state index is -3.56. The zero-order chi connectivity index (χ0) is 21.2. The van der Waals surface area contributed by atoms with Crippen LogP contribution in [0, 0.1) is 30.1 Å². The Balaban J connectivity index is 1.69. The highest BCUT2D eigenvalue weighted by Crippen LogP contribution is 2.61. The summed E-state index contributed by atoms with van der Waals surface area (Å²) in [6, 6.07) is 6.94. The van der Waals surface area contributed by atoms with Gasteiger partial charge in [-0.25, -0.2) is 13.1 Å². The molecule has 0 amide bonds. The van der Waals surface area contributed by atoms with Crippen LogP contribution in [0.3, 0.4) is 0 Å². The summed E-state index contributed by atoms with van der Waals surface area (Å²) in [5.74, 6) is 0.520. The first-order valence-electron chi connectivity index (χ1n) is 10.6. The van der Waals surface area contributed by atoms with Gasteiger partial charge < -0.3 is 5.11 Å². The molecule has 0 saturated heterocycles. The smallest absolute Gasteiger partial charge is 0.303 e. The Morgan fingerprint density at radius 1 is 1.21 bits per heavy atom. The van der Waals surface area contributed by atoms with Gasteiger partial charge in [-0.15, -0.1) is 0 Å². The number of sulfonamides is 1. The van der Waals surface area contributed by atoms with Crippen molar-refractivity contribution in [1.29, 1.82) is 0 Å². The molecular weight excluding hydrogens is 386 g/mol. The van der Waals surface area contributed by atoms with Crippen molar-refractivity contribution < 1.29 is 18.3 Å². The molecular formula is C23H33NO4S. The maximum atomic E-state index is 13.0. The number of aliphatic carboxylic acids is 1. The van der Waals surface area contributed by atoms with E-state index in [0.29, 0.717) is 23.2 Å². The van der Waals surface area contributed by atoms with Gasteiger partial charge in [-0.1, -0.05) is 43.7 Å². The summed E-state index contributed by atoms with van der Waals surface area (Å²) in [4.78, 5) is 10.9. The Morgan fingerprint density at radius 2 is 1.90 bits per heavy atom. The Morgan fingerprint density at radius 3 is 2.52 bits per heavy atom. The van der Waals surface area contributed by atoms with Crippen molar-refractivity contribution in [1.82, 2.24) is 4.72 Å². The third-order valence-electron chi connectivity index (χ3n) is 7.06. The molecule has 3 fully saturated rings. The predicted molar refractivity (Wildman–Crippen MR) is 114 cm³/mol. The molecule has 160 valence electrons. The number of fused-ring (bicyclic) bond motifs is 2. The lowest BCUT2D eigenvalue weighted by atomic mass is 9.45. The second kappa shape index (κ2) is 8.60. The van der Waals surface area contributed by atoms with E-state index in [2.05, 4.69) is 24.6 Å². The molecule has 4 atom stereocenters. The number of benzene rings is 1. The normalized spacial score (nSPS) is 28.2. The van der Waals surface area contributed by atoms with Gasteiger partial charge in [0.1, 0.15) is 0 Å². The van der Waals surface area contributed by atoms with E-state index in [1.165, 1.54) is 0 Å². The van der Waals surface area contributed by atoms with Crippen LogP contribution in [0.1, 0.15) is 57.9 Å². The summed E-state index contributed by atoms with van der Waals surface area (Å²) in [5.41, 5.74) is 1.21. The van der Waals surface area contributed by atoms with E-state index in [1.54, 1.807) is 12.1 Å². The van der Waals surface area contributed by atoms with Gasteiger partial charge in [0.05, 0.1) is 4.90 Å². The molecule has 0 heterocycles. The minimum absolute atomic E-state index is 0.0648. The van der Waals surface area contributed by atoms with E-state index in [-0.39, 0.29) is 23.8 Å². The molecule has 2 N–H and O–H groups in total. The van der Waals surface area contributed by atoms with Crippen molar-refractivity contribution in [2.24, 2.45) is 23.2 Å². The first kappa shape index (κ1) is 22.0. The van der Waals surface area contributed by atoms with E-state index >= 15 is 0 Å². The second-order valence-corrected chi connectivity index (χ2v) is 11.0. The maximum Gasteiger partial charge on any atom is 0.303 e. The fourth-order valence-electron chi connectivity index (χ4n) is 5.05. The van der Waals surface area contributed by atoms with Gasteiger partial charge in [0.2, 0.25) is 10.0 Å². The monoisotopic (exact) mass is 419 g/mol. The van der Waals surface area contributed by atoms with Crippen LogP contribution < -0.4 is 4.72 Å². The highest BCUT2D eigenvalue weighted by molar-refractivity contribution is 7.89. The Bertz CT molecular complexity index is 857. The van der Waals surface area contributed by atoms with Gasteiger partial charge in [0, 0.05) is 12.5 Å². The van der Waals surface area contributed by atoms with Crippen LogP contribution in [0.2, 0.25) is 0 Å². The number of aryl methyl sites for hydroxylation is 1. The third kappa shape index (κ3) is 4.92. The highest BCUT2D eigenvalue weighted by Gasteiger charge is 2.58. The molecule has 0 aromatic heterocycles. The summed E-state index contributed by atoms with van der Waals surface area (Å²) in [5, 5.41) is 8.72. The fourth-order valence-corrected chi connectivity index (χ4v) is 6.40. The van der Waals surface area contributed by atoms with Crippen molar-refractivity contribution >= 4 is 16.0 Å². The third-order valence-corrected chi connectivity index (χ3v) is 8.54. The molecule has 0 spiro atoms. The van der Waals surface area contributed by atoms with Crippen LogP contribution in [0.15, 0.2) is 41.3 Å². The molecule has 3 aliphatic carbocycles. The maximum absolute atomic E-state index is 13.0. The van der Waals surface area contributed by atoms with Gasteiger partial charge in [-0.3, -0.25) is 4.79 Å². The summed E-state index contributed by atoms with van der Waals surface area (Å²) < 4.78 is 29.1. The number of carboxylic acids is 1. The molecule has 4 unspecified atom stereocenters. The quantitative estimate of drug-likeness (QED) is 0.455. The fraction of sp³-hybridized carbons (Fsp3) is 0.609. The van der Waals surface area contributed by atoms with Crippen molar-refractivity contribution in [3.05, 3.63) is 42.0 Å². The molecule has 1 aromatic carbocycles. The lowest BCUT2D eigenvalue weighted by molar-refractivity contribution is -0.137. The summed E-state index contributed by atoms with van der Waals surface area (Å²) >= 11 is 0. The van der Waals surface area contributed by atoms with Gasteiger partial charge in [0.25, 0.3) is 0 Å². The number of unbranched alkanes of at least 4 members (excludes halogenated alkanes) is 1. The first-order valence-corrected chi connectivity index (χ1v) is 12.1. The highest BCUT2D eigenvalue weighted by atomic mass is 32.2. The molecule has 0 radical (unpaired) electrons. The molecule has 5 nitrogen and oxygen atoms in total. The van der Waals surface area contributed by atoms with Gasteiger partial charge in [-0.2, -0.15) is 0 Å². The van der Waals surface area contributed by atoms with Crippen LogP contribution in [-0.2, 0) is 14.8 Å². The number of allylic oxidation sites excluding steroid dienone is 2. The lowest BCUT2D eigenvalue weighted by Crippen LogP contribution is -2.63. The van der Waals surface area contributed by atoms with Crippen LogP contribution in [0.25, 0.3) is 0 Å². The van der Waals surface area contributed by atoms with E-state index in [4.69, 9.17) is 5.11 Å². The second-order valence-electron chi connectivity index (χ2n) is 9.31. The Kier molecular flexibility index (Phi) is 6.54. The average Bonchev–Trinajstić information content (AvgIpc) is 2.65. The number of carbonyl (C=O) groups is 1. The number of hydrogen-bond acceptors (Lipinski definition) is 3. The minimum Gasteiger partial charge on any atom is -0.481 e. The van der Waals surface area contributed by atoms with Gasteiger partial charge in [-0.05, 0) is 74.3 Å². The molecule has 3 aliphatic rings.